The van der Waals surface area contributed by atoms with Crippen LogP contribution in [0.25, 0.3) is 0 Å². The maximum Gasteiger partial charge on any atom is 0.264 e. The van der Waals surface area contributed by atoms with Crippen LogP contribution in [0.4, 0.5) is 10.1 Å². The summed E-state index contributed by atoms with van der Waals surface area (Å²) in [6.07, 6.45) is 0.177. The molecule has 0 radical (unpaired) electrons. The van der Waals surface area contributed by atoms with Crippen LogP contribution >= 0.6 is 15.9 Å². The number of halogens is 2. The average Bonchev–Trinajstić information content (AvgIpc) is 2.99. The van der Waals surface area contributed by atoms with E-state index in [0.29, 0.717) is 0 Å². The number of nitrogens with zero attached hydrogens (tertiary/aromatic N) is 2. The molecule has 0 fully saturated rings. The number of carbonyl (C=O) groups excluding carboxylic acids is 2. The van der Waals surface area contributed by atoms with E-state index in [-0.39, 0.29) is 23.5 Å². The Bertz CT molecular complexity index is 1680. The number of nitrogens with one attached hydrogen (secondary N) is 1. The van der Waals surface area contributed by atoms with Gasteiger partial charge in [0, 0.05) is 23.0 Å². The van der Waals surface area contributed by atoms with Gasteiger partial charge in [0.1, 0.15) is 18.4 Å². The van der Waals surface area contributed by atoms with Gasteiger partial charge in [-0.15, -0.1) is 0 Å². The number of carbonyl (C=O) groups is 2. The topological polar surface area (TPSA) is 86.8 Å². The normalized spacial score (nSPS) is 12.3. The monoisotopic (exact) mass is 679 g/mol. The minimum Gasteiger partial charge on any atom is -0.350 e. The molecule has 0 saturated carbocycles. The Morgan fingerprint density at radius 2 is 1.39 bits per heavy atom. The van der Waals surface area contributed by atoms with E-state index in [0.717, 1.165) is 26.0 Å². The standard InChI is InChI=1S/C34H35BrFN3O4S/c1-34(2,3)37-33(41)31(22-25-12-6-4-7-13-25)38(23-26-18-20-27(35)21-19-26)32(40)24-39(30-17-11-10-16-29(30)36)44(42,43)28-14-8-5-9-15-28/h4-21,31H,22-24H2,1-3H3,(H,37,41)/t31-/m1/s1. The van der Waals surface area contributed by atoms with Crippen molar-refractivity contribution < 1.29 is 22.4 Å². The minimum absolute atomic E-state index is 0.0116. The van der Waals surface area contributed by atoms with Gasteiger partial charge >= 0.3 is 0 Å². The number of benzene rings is 4. The van der Waals surface area contributed by atoms with Gasteiger partial charge in [0.15, 0.2) is 0 Å². The summed E-state index contributed by atoms with van der Waals surface area (Å²) in [7, 11) is -4.38. The van der Waals surface area contributed by atoms with Crippen LogP contribution in [0.3, 0.4) is 0 Å². The van der Waals surface area contributed by atoms with Crippen LogP contribution in [0.5, 0.6) is 0 Å². The van der Waals surface area contributed by atoms with E-state index in [9.17, 15) is 18.0 Å². The molecular formula is C34H35BrFN3O4S. The molecule has 1 N–H and O–H groups in total. The van der Waals surface area contributed by atoms with Gasteiger partial charge in [-0.1, -0.05) is 88.7 Å². The molecule has 4 rings (SSSR count). The lowest BCUT2D eigenvalue weighted by atomic mass is 10.0. The first-order valence-electron chi connectivity index (χ1n) is 14.1. The smallest absolute Gasteiger partial charge is 0.264 e. The molecule has 4 aromatic rings. The number of hydrogen-bond donors (Lipinski definition) is 1. The van der Waals surface area contributed by atoms with Gasteiger partial charge in [-0.3, -0.25) is 13.9 Å². The van der Waals surface area contributed by atoms with Gasteiger partial charge in [0.25, 0.3) is 10.0 Å². The first kappa shape index (κ1) is 32.9. The number of anilines is 1. The lowest BCUT2D eigenvalue weighted by molar-refractivity contribution is -0.140. The summed E-state index contributed by atoms with van der Waals surface area (Å²) in [6.45, 7) is 4.81. The highest BCUT2D eigenvalue weighted by Crippen LogP contribution is 2.27. The van der Waals surface area contributed by atoms with E-state index < -0.39 is 45.8 Å². The second-order valence-corrected chi connectivity index (χ2v) is 14.1. The highest BCUT2D eigenvalue weighted by Gasteiger charge is 2.36. The third-order valence-electron chi connectivity index (χ3n) is 6.77. The largest absolute Gasteiger partial charge is 0.350 e. The molecule has 0 unspecified atom stereocenters. The molecule has 4 aromatic carbocycles. The minimum atomic E-state index is -4.38. The zero-order valence-electron chi connectivity index (χ0n) is 24.8. The summed E-state index contributed by atoms with van der Waals surface area (Å²) in [5.74, 6) is -1.86. The molecule has 0 spiro atoms. The Hall–Kier alpha value is -4.02. The van der Waals surface area contributed by atoms with Crippen LogP contribution in [0.15, 0.2) is 119 Å². The van der Waals surface area contributed by atoms with Crippen molar-refractivity contribution in [3.8, 4) is 0 Å². The fourth-order valence-corrected chi connectivity index (χ4v) is 6.39. The molecule has 0 aliphatic rings. The number of hydrogen-bond acceptors (Lipinski definition) is 4. The van der Waals surface area contributed by atoms with Crippen molar-refractivity contribution in [1.82, 2.24) is 10.2 Å². The molecular weight excluding hydrogens is 645 g/mol. The Labute approximate surface area is 266 Å². The van der Waals surface area contributed by atoms with Crippen molar-refractivity contribution in [3.63, 3.8) is 0 Å². The van der Waals surface area contributed by atoms with Crippen LogP contribution in [-0.2, 0) is 32.6 Å². The summed E-state index contributed by atoms with van der Waals surface area (Å²) in [5, 5.41) is 2.99. The van der Waals surface area contributed by atoms with Crippen molar-refractivity contribution in [2.75, 3.05) is 10.8 Å². The first-order valence-corrected chi connectivity index (χ1v) is 16.3. The molecule has 2 amide bonds. The average molecular weight is 681 g/mol. The molecule has 0 heterocycles. The van der Waals surface area contributed by atoms with Crippen LogP contribution in [0.2, 0.25) is 0 Å². The Kier molecular flexibility index (Phi) is 10.6. The highest BCUT2D eigenvalue weighted by molar-refractivity contribution is 9.10. The van der Waals surface area contributed by atoms with E-state index in [1.165, 1.54) is 35.2 Å². The van der Waals surface area contributed by atoms with Crippen molar-refractivity contribution in [1.29, 1.82) is 0 Å². The number of sulfonamides is 1. The molecule has 44 heavy (non-hydrogen) atoms. The van der Waals surface area contributed by atoms with Crippen molar-refractivity contribution in [3.05, 3.63) is 131 Å². The lowest BCUT2D eigenvalue weighted by Gasteiger charge is -2.35. The number of para-hydroxylation sites is 1. The molecule has 0 aliphatic heterocycles. The molecule has 0 saturated heterocycles. The zero-order chi connectivity index (χ0) is 31.9. The van der Waals surface area contributed by atoms with Crippen LogP contribution in [0, 0.1) is 5.82 Å². The van der Waals surface area contributed by atoms with Gasteiger partial charge in [-0.05, 0) is 68.3 Å². The SMILES string of the molecule is CC(C)(C)NC(=O)[C@@H](Cc1ccccc1)N(Cc1ccc(Br)cc1)C(=O)CN(c1ccccc1F)S(=O)(=O)c1ccccc1. The van der Waals surface area contributed by atoms with Crippen LogP contribution < -0.4 is 9.62 Å². The van der Waals surface area contributed by atoms with E-state index in [4.69, 9.17) is 0 Å². The second kappa shape index (κ2) is 14.2. The van der Waals surface area contributed by atoms with Crippen LogP contribution in [0.1, 0.15) is 31.9 Å². The van der Waals surface area contributed by atoms with Gasteiger partial charge in [-0.2, -0.15) is 0 Å². The van der Waals surface area contributed by atoms with E-state index in [2.05, 4.69) is 21.2 Å². The molecule has 0 aromatic heterocycles. The summed E-state index contributed by atoms with van der Waals surface area (Å²) in [4.78, 5) is 29.6. The van der Waals surface area contributed by atoms with E-state index in [1.807, 2.05) is 75.4 Å². The maximum atomic E-state index is 15.2. The van der Waals surface area contributed by atoms with Crippen molar-refractivity contribution in [2.24, 2.45) is 0 Å². The summed E-state index contributed by atoms with van der Waals surface area (Å²) in [6, 6.07) is 28.5. The third-order valence-corrected chi connectivity index (χ3v) is 9.07. The van der Waals surface area contributed by atoms with Gasteiger partial charge in [0.05, 0.1) is 10.6 Å². The lowest BCUT2D eigenvalue weighted by Crippen LogP contribution is -2.56. The molecule has 0 bridgehead atoms. The second-order valence-electron chi connectivity index (χ2n) is 11.4. The predicted octanol–water partition coefficient (Wildman–Crippen LogP) is 6.34. The molecule has 10 heteroatoms. The molecule has 1 atom stereocenters. The Balaban J connectivity index is 1.82. The molecule has 230 valence electrons. The van der Waals surface area contributed by atoms with Crippen molar-refractivity contribution in [2.45, 2.75) is 50.2 Å². The first-order chi connectivity index (χ1) is 20.8. The summed E-state index contributed by atoms with van der Waals surface area (Å²) < 4.78 is 44.6. The van der Waals surface area contributed by atoms with E-state index >= 15 is 4.39 Å². The highest BCUT2D eigenvalue weighted by atomic mass is 79.9. The number of rotatable bonds is 11. The molecule has 0 aliphatic carbocycles. The van der Waals surface area contributed by atoms with Gasteiger partial charge < -0.3 is 10.2 Å². The quantitative estimate of drug-likeness (QED) is 0.201. The zero-order valence-corrected chi connectivity index (χ0v) is 27.2. The molecule has 7 nitrogen and oxygen atoms in total. The summed E-state index contributed by atoms with van der Waals surface area (Å²) in [5.41, 5.74) is 0.672. The van der Waals surface area contributed by atoms with Gasteiger partial charge in [0.2, 0.25) is 11.8 Å². The maximum absolute atomic E-state index is 15.2. The predicted molar refractivity (Wildman–Crippen MR) is 174 cm³/mol. The Morgan fingerprint density at radius 3 is 1.98 bits per heavy atom. The third kappa shape index (κ3) is 8.54. The number of amides is 2. The Morgan fingerprint density at radius 1 is 0.818 bits per heavy atom. The van der Waals surface area contributed by atoms with Crippen molar-refractivity contribution >= 4 is 43.5 Å². The van der Waals surface area contributed by atoms with Crippen LogP contribution in [-0.4, -0.2) is 43.3 Å². The van der Waals surface area contributed by atoms with E-state index in [1.54, 1.807) is 18.2 Å². The van der Waals surface area contributed by atoms with Gasteiger partial charge in [-0.25, -0.2) is 12.8 Å². The fraction of sp³-hybridized carbons (Fsp3) is 0.235. The fourth-order valence-electron chi connectivity index (χ4n) is 4.68. The summed E-state index contributed by atoms with van der Waals surface area (Å²) >= 11 is 3.43.